The fraction of sp³-hybridized carbons (Fsp3) is 0.671. The van der Waals surface area contributed by atoms with E-state index in [1.165, 1.54) is 230 Å². The molecule has 0 spiro atoms. The lowest BCUT2D eigenvalue weighted by atomic mass is 9.69. The first-order chi connectivity index (χ1) is 41.1. The molecule has 2 unspecified atom stereocenters. The van der Waals surface area contributed by atoms with Crippen LogP contribution in [0.2, 0.25) is 0 Å². The van der Waals surface area contributed by atoms with Crippen molar-refractivity contribution in [1.82, 2.24) is 9.80 Å². The Labute approximate surface area is 529 Å². The van der Waals surface area contributed by atoms with E-state index in [0.29, 0.717) is 36.1 Å². The van der Waals surface area contributed by atoms with Crippen molar-refractivity contribution >= 4 is 45.9 Å². The second kappa shape index (κ2) is 33.7. The number of carbonyl (C=O) groups is 2. The highest BCUT2D eigenvalue weighted by Gasteiger charge is 2.50. The molecule has 2 amide bonds. The number of fused-ring (bicyclic) bond motifs is 4. The van der Waals surface area contributed by atoms with Gasteiger partial charge in [0.15, 0.2) is 0 Å². The highest BCUT2D eigenvalue weighted by atomic mass is 32.1. The first-order valence-corrected chi connectivity index (χ1v) is 37.3. The maximum atomic E-state index is 16.2. The second-order valence-corrected chi connectivity index (χ2v) is 31.0. The van der Waals surface area contributed by atoms with Crippen LogP contribution in [0.4, 0.5) is 0 Å². The van der Waals surface area contributed by atoms with E-state index >= 15 is 9.59 Å². The molecule has 0 radical (unpaired) electrons. The first-order valence-electron chi connectivity index (χ1n) is 35.7. The molecular formula is C79H120N2O2S2. The number of amides is 2. The van der Waals surface area contributed by atoms with Crippen LogP contribution in [0.3, 0.4) is 0 Å². The molecule has 2 aliphatic heterocycles. The minimum atomic E-state index is -0.0505. The van der Waals surface area contributed by atoms with Gasteiger partial charge in [-0.2, -0.15) is 0 Å². The van der Waals surface area contributed by atoms with Crippen molar-refractivity contribution in [3.05, 3.63) is 103 Å². The van der Waals surface area contributed by atoms with Crippen molar-refractivity contribution in [2.24, 2.45) is 11.8 Å². The Hall–Kier alpha value is -3.74. The molecule has 0 bridgehead atoms. The minimum absolute atomic E-state index is 0.0433. The lowest BCUT2D eigenvalue weighted by Gasteiger charge is -2.34. The van der Waals surface area contributed by atoms with Crippen LogP contribution >= 0.6 is 22.7 Å². The number of hydrogen-bond acceptors (Lipinski definition) is 4. The van der Waals surface area contributed by atoms with Crippen LogP contribution in [-0.2, 0) is 25.8 Å². The van der Waals surface area contributed by atoms with Crippen molar-refractivity contribution in [1.29, 1.82) is 0 Å². The number of unbranched alkanes of at least 4 members (excludes halogenated alkanes) is 22. The van der Waals surface area contributed by atoms with Gasteiger partial charge in [0, 0.05) is 28.3 Å². The largest absolute Gasteiger partial charge is 0.306 e. The van der Waals surface area contributed by atoms with Gasteiger partial charge in [0.2, 0.25) is 0 Å². The van der Waals surface area contributed by atoms with Crippen molar-refractivity contribution < 1.29 is 9.59 Å². The molecule has 4 aromatic rings. The van der Waals surface area contributed by atoms with Crippen LogP contribution in [0, 0.1) is 11.8 Å². The fourth-order valence-corrected chi connectivity index (χ4v) is 16.7. The Morgan fingerprint density at radius 3 is 1.21 bits per heavy atom. The van der Waals surface area contributed by atoms with Crippen LogP contribution < -0.4 is 0 Å². The average molecular weight is 1190 g/mol. The van der Waals surface area contributed by atoms with Crippen molar-refractivity contribution in [3.8, 4) is 21.6 Å². The zero-order chi connectivity index (χ0) is 61.0. The maximum Gasteiger partial charge on any atom is 0.261 e. The van der Waals surface area contributed by atoms with Gasteiger partial charge in [-0.15, -0.1) is 22.7 Å². The third-order valence-electron chi connectivity index (χ3n) is 19.8. The number of rotatable bonds is 41. The molecule has 4 heterocycles. The van der Waals surface area contributed by atoms with Crippen molar-refractivity contribution in [2.45, 2.75) is 318 Å². The van der Waals surface area contributed by atoms with E-state index in [9.17, 15) is 0 Å². The van der Waals surface area contributed by atoms with Crippen LogP contribution in [0.25, 0.3) is 33.0 Å². The van der Waals surface area contributed by atoms with Crippen LogP contribution in [0.15, 0.2) is 71.8 Å². The summed E-state index contributed by atoms with van der Waals surface area (Å²) in [5, 5.41) is 0. The summed E-state index contributed by atoms with van der Waals surface area (Å²) in [6.45, 7) is 29.2. The van der Waals surface area contributed by atoms with Gasteiger partial charge in [-0.25, -0.2) is 0 Å². The summed E-state index contributed by atoms with van der Waals surface area (Å²) < 4.78 is 0. The van der Waals surface area contributed by atoms with Gasteiger partial charge in [0.25, 0.3) is 11.8 Å². The molecule has 85 heavy (non-hydrogen) atoms. The van der Waals surface area contributed by atoms with Crippen molar-refractivity contribution in [2.75, 3.05) is 13.1 Å². The normalized spacial score (nSPS) is 15.7. The second-order valence-electron chi connectivity index (χ2n) is 28.9. The SMILES string of the molecule is CCCCCCCCC(CCCCCC)CN1C(=O)C2=C(c3ccc(C(C)(C)C)s3)N(CC(CCCCCC)CCCCCCCC)C(=O)C2=C1c1ccc(-c2ccc3c(c2)C(CCCCCC)(CCCCCC)c2cc(C(C)(C)C)ccc2-3)s1. The summed E-state index contributed by atoms with van der Waals surface area (Å²) in [5.74, 6) is 0.854. The molecule has 7 rings (SSSR count). The third kappa shape index (κ3) is 17.8. The minimum Gasteiger partial charge on any atom is -0.306 e. The summed E-state index contributed by atoms with van der Waals surface area (Å²) in [6.07, 6.45) is 41.9. The van der Waals surface area contributed by atoms with Crippen LogP contribution in [0.1, 0.15) is 333 Å². The molecule has 0 saturated heterocycles. The van der Waals surface area contributed by atoms with Gasteiger partial charge in [0.05, 0.1) is 32.3 Å². The zero-order valence-corrected chi connectivity index (χ0v) is 58.0. The molecule has 2 aromatic heterocycles. The highest BCUT2D eigenvalue weighted by Crippen LogP contribution is 2.57. The maximum absolute atomic E-state index is 16.2. The smallest absolute Gasteiger partial charge is 0.261 e. The van der Waals surface area contributed by atoms with Crippen LogP contribution in [0.5, 0.6) is 0 Å². The van der Waals surface area contributed by atoms with E-state index < -0.39 is 0 Å². The van der Waals surface area contributed by atoms with Gasteiger partial charge in [-0.3, -0.25) is 9.59 Å². The number of benzene rings is 2. The van der Waals surface area contributed by atoms with E-state index in [0.717, 1.165) is 46.8 Å². The first kappa shape index (κ1) is 68.7. The number of carbonyl (C=O) groups excluding carboxylic acids is 2. The lowest BCUT2D eigenvalue weighted by molar-refractivity contribution is -0.124. The monoisotopic (exact) mass is 1190 g/mol. The lowest BCUT2D eigenvalue weighted by Crippen LogP contribution is -2.34. The predicted octanol–water partition coefficient (Wildman–Crippen LogP) is 24.8. The summed E-state index contributed by atoms with van der Waals surface area (Å²) in [5.41, 5.74) is 11.7. The Morgan fingerprint density at radius 2 is 0.776 bits per heavy atom. The molecule has 470 valence electrons. The van der Waals surface area contributed by atoms with Gasteiger partial charge in [-0.1, -0.05) is 293 Å². The third-order valence-corrected chi connectivity index (χ3v) is 22.4. The zero-order valence-electron chi connectivity index (χ0n) is 56.4. The summed E-state index contributed by atoms with van der Waals surface area (Å²) in [4.78, 5) is 41.4. The van der Waals surface area contributed by atoms with E-state index in [-0.39, 0.29) is 28.1 Å². The fourth-order valence-electron chi connectivity index (χ4n) is 14.5. The van der Waals surface area contributed by atoms with Gasteiger partial charge >= 0.3 is 0 Å². The molecule has 2 aromatic carbocycles. The molecule has 0 fully saturated rings. The molecule has 0 saturated carbocycles. The predicted molar refractivity (Wildman–Crippen MR) is 373 cm³/mol. The van der Waals surface area contributed by atoms with Crippen LogP contribution in [-0.4, -0.2) is 34.7 Å². The number of thiophene rings is 2. The molecule has 4 nitrogen and oxygen atoms in total. The summed E-state index contributed by atoms with van der Waals surface area (Å²) in [6, 6.07) is 24.1. The molecule has 1 aliphatic carbocycles. The van der Waals surface area contributed by atoms with Gasteiger partial charge in [0.1, 0.15) is 0 Å². The summed E-state index contributed by atoms with van der Waals surface area (Å²) >= 11 is 3.62. The molecule has 0 N–H and O–H groups in total. The Balaban J connectivity index is 1.38. The Kier molecular flexibility index (Phi) is 27.3. The quantitative estimate of drug-likeness (QED) is 0.0416. The average Bonchev–Trinajstić information content (AvgIpc) is 2.05. The molecule has 2 atom stereocenters. The van der Waals surface area contributed by atoms with E-state index in [1.807, 2.05) is 11.3 Å². The molecular weight excluding hydrogens is 1070 g/mol. The highest BCUT2D eigenvalue weighted by molar-refractivity contribution is 7.16. The topological polar surface area (TPSA) is 40.6 Å². The molecule has 6 heteroatoms. The summed E-state index contributed by atoms with van der Waals surface area (Å²) in [7, 11) is 0. The molecule has 3 aliphatic rings. The van der Waals surface area contributed by atoms with E-state index in [2.05, 4.69) is 154 Å². The Bertz CT molecular complexity index is 2760. The van der Waals surface area contributed by atoms with E-state index in [1.54, 1.807) is 16.9 Å². The Morgan fingerprint density at radius 1 is 0.400 bits per heavy atom. The number of hydrogen-bond donors (Lipinski definition) is 0. The van der Waals surface area contributed by atoms with Gasteiger partial charge in [-0.05, 0) is 125 Å². The number of nitrogens with zero attached hydrogens (tertiary/aromatic N) is 2. The van der Waals surface area contributed by atoms with E-state index in [4.69, 9.17) is 0 Å². The standard InChI is InChI=1S/C79H120N2O2S2/c1-13-19-25-31-33-37-43-59(41-35-27-21-15-3)57-80-73(71-72(76(80)83)74(69-51-52-70(85-69)78(10,11)12)81(75(71)82)58-60(42-36-28-22-16-4)44-38-34-32-26-20-14-2)68-50-49-67(84-68)61-45-47-63-64-48-46-62(77(7,8)9)56-66(64)79(65(63)55-61,53-39-29-23-17-5)54-40-30-24-18-6/h45-52,55-56,59-60H,13-44,53-54,57-58H2,1-12H3. The van der Waals surface area contributed by atoms with Gasteiger partial charge < -0.3 is 9.80 Å². The van der Waals surface area contributed by atoms with Crippen molar-refractivity contribution in [3.63, 3.8) is 0 Å².